The molecule has 0 rings (SSSR count). The summed E-state index contributed by atoms with van der Waals surface area (Å²) >= 11 is 18.5. The normalized spacial score (nSPS) is 8.12. The predicted octanol–water partition coefficient (Wildman–Crippen LogP) is 2.41. The van der Waals surface area contributed by atoms with Gasteiger partial charge in [0.15, 0.2) is 0 Å². The van der Waals surface area contributed by atoms with E-state index in [-0.39, 0.29) is 16.5 Å². The van der Waals surface area contributed by atoms with Gasteiger partial charge in [-0.3, -0.25) is 0 Å². The molecule has 7 heteroatoms. The number of hydrogen-bond acceptors (Lipinski definition) is 4. The average Bonchev–Trinajstić information content (AvgIpc) is 2.18. The molecule has 0 heterocycles. The Labute approximate surface area is 137 Å². The molecule has 0 aromatic heterocycles. The van der Waals surface area contributed by atoms with Crippen molar-refractivity contribution in [3.05, 3.63) is 0 Å². The molecule has 0 aliphatic carbocycles. The van der Waals surface area contributed by atoms with Gasteiger partial charge >= 0.3 is 16.5 Å². The summed E-state index contributed by atoms with van der Waals surface area (Å²) in [5.74, 6) is 0. The number of rotatable bonds is 6. The van der Waals surface area contributed by atoms with E-state index in [1.807, 2.05) is 0 Å². The number of hydrogen-bond donors (Lipinski definition) is 2. The first kappa shape index (κ1) is 22.9. The standard InChI is InChI=1S/2C5H11NS2.Ni/c2*1-2-3-4-6-5(7)8;/h2*2-4H2,1H3,(H2,6,7,8);/q;;+2/p-2. The minimum Gasteiger partial charge on any atom is -0.412 e. The van der Waals surface area contributed by atoms with Crippen molar-refractivity contribution < 1.29 is 16.5 Å². The summed E-state index contributed by atoms with van der Waals surface area (Å²) in [6.45, 7) is 6.12. The van der Waals surface area contributed by atoms with Crippen molar-refractivity contribution in [2.45, 2.75) is 39.5 Å². The topological polar surface area (TPSA) is 24.1 Å². The Balaban J connectivity index is -0.000000218. The summed E-state index contributed by atoms with van der Waals surface area (Å²) in [4.78, 5) is 0. The summed E-state index contributed by atoms with van der Waals surface area (Å²) in [5, 5.41) is 5.79. The van der Waals surface area contributed by atoms with Gasteiger partial charge in [0.2, 0.25) is 0 Å². The third kappa shape index (κ3) is 31.5. The summed E-state index contributed by atoms with van der Waals surface area (Å²) in [6, 6.07) is 0. The molecule has 0 aromatic carbocycles. The van der Waals surface area contributed by atoms with E-state index >= 15 is 0 Å². The summed E-state index contributed by atoms with van der Waals surface area (Å²) in [7, 11) is 0. The van der Waals surface area contributed by atoms with Crippen LogP contribution in [0.5, 0.6) is 0 Å². The molecule has 2 N–H and O–H groups in total. The minimum atomic E-state index is 0. The fraction of sp³-hybridized carbons (Fsp3) is 0.800. The van der Waals surface area contributed by atoms with Gasteiger partial charge in [-0.05, 0) is 12.8 Å². The third-order valence-corrected chi connectivity index (χ3v) is 2.18. The molecule has 0 radical (unpaired) electrons. The SMILES string of the molecule is CCCCNC(=S)[S-].CCCCNC(=S)[S-].[Ni+2]. The number of nitrogens with one attached hydrogen (secondary N) is 2. The molecule has 0 unspecified atom stereocenters. The molecule has 0 amide bonds. The van der Waals surface area contributed by atoms with E-state index < -0.39 is 0 Å². The maximum Gasteiger partial charge on any atom is 2.00 e. The van der Waals surface area contributed by atoms with Crippen LogP contribution in [0.4, 0.5) is 0 Å². The largest absolute Gasteiger partial charge is 2.00 e. The van der Waals surface area contributed by atoms with Crippen LogP contribution in [-0.4, -0.2) is 21.7 Å². The molecule has 2 nitrogen and oxygen atoms in total. The molecule has 0 atom stereocenters. The second kappa shape index (κ2) is 19.1. The summed E-state index contributed by atoms with van der Waals surface area (Å²) < 4.78 is 0.969. The maximum atomic E-state index is 4.61. The van der Waals surface area contributed by atoms with Crippen LogP contribution in [0.15, 0.2) is 0 Å². The molecule has 104 valence electrons. The van der Waals surface area contributed by atoms with Crippen molar-refractivity contribution in [3.8, 4) is 0 Å². The Kier molecular flexibility index (Phi) is 25.6. The van der Waals surface area contributed by atoms with Crippen molar-refractivity contribution in [1.82, 2.24) is 10.6 Å². The minimum absolute atomic E-state index is 0. The van der Waals surface area contributed by atoms with Gasteiger partial charge in [-0.2, -0.15) is 0 Å². The summed E-state index contributed by atoms with van der Waals surface area (Å²) in [6.07, 6.45) is 4.67. The van der Waals surface area contributed by atoms with Crippen LogP contribution in [-0.2, 0) is 41.7 Å². The van der Waals surface area contributed by atoms with Gasteiger partial charge in [-0.1, -0.05) is 35.3 Å². The van der Waals surface area contributed by atoms with Gasteiger partial charge in [0.05, 0.1) is 0 Å². The van der Waals surface area contributed by atoms with Crippen molar-refractivity contribution in [2.24, 2.45) is 0 Å². The average molecular weight is 355 g/mol. The zero-order chi connectivity index (χ0) is 12.8. The molecule has 0 spiro atoms. The van der Waals surface area contributed by atoms with Gasteiger partial charge in [0.1, 0.15) is 0 Å². The molecule has 0 bridgehead atoms. The van der Waals surface area contributed by atoms with Crippen molar-refractivity contribution in [2.75, 3.05) is 13.1 Å². The second-order valence-corrected chi connectivity index (χ2v) is 5.29. The van der Waals surface area contributed by atoms with Crippen LogP contribution in [0.1, 0.15) is 39.5 Å². The summed E-state index contributed by atoms with van der Waals surface area (Å²) in [5.41, 5.74) is 0. The second-order valence-electron chi connectivity index (χ2n) is 3.14. The van der Waals surface area contributed by atoms with E-state index in [0.717, 1.165) is 25.9 Å². The Morgan fingerprint density at radius 2 is 1.18 bits per heavy atom. The quantitative estimate of drug-likeness (QED) is 0.329. The van der Waals surface area contributed by atoms with Gasteiger partial charge in [0, 0.05) is 13.1 Å². The van der Waals surface area contributed by atoms with Gasteiger partial charge < -0.3 is 60.3 Å². The van der Waals surface area contributed by atoms with Crippen LogP contribution in [0.25, 0.3) is 0 Å². The van der Waals surface area contributed by atoms with E-state index in [4.69, 9.17) is 0 Å². The molecule has 17 heavy (non-hydrogen) atoms. The Morgan fingerprint density at radius 1 is 0.882 bits per heavy atom. The van der Waals surface area contributed by atoms with E-state index in [0.29, 0.717) is 8.64 Å². The van der Waals surface area contributed by atoms with Crippen molar-refractivity contribution in [1.29, 1.82) is 0 Å². The smallest absolute Gasteiger partial charge is 0.412 e. The van der Waals surface area contributed by atoms with E-state index in [1.54, 1.807) is 0 Å². The fourth-order valence-corrected chi connectivity index (χ4v) is 1.14. The van der Waals surface area contributed by atoms with Gasteiger partial charge in [-0.25, -0.2) is 0 Å². The monoisotopic (exact) mass is 354 g/mol. The molecular formula is C10H20N2NiS4. The number of unbranched alkanes of at least 4 members (excludes halogenated alkanes) is 2. The molecule has 0 saturated carbocycles. The zero-order valence-corrected chi connectivity index (χ0v) is 14.4. The van der Waals surface area contributed by atoms with E-state index in [2.05, 4.69) is 74.2 Å². The van der Waals surface area contributed by atoms with Crippen LogP contribution >= 0.6 is 24.4 Å². The maximum absolute atomic E-state index is 4.61. The van der Waals surface area contributed by atoms with Crippen LogP contribution in [0.3, 0.4) is 0 Å². The van der Waals surface area contributed by atoms with Crippen molar-refractivity contribution >= 4 is 58.3 Å². The molecule has 0 aliphatic rings. The molecule has 0 saturated heterocycles. The Morgan fingerprint density at radius 3 is 1.35 bits per heavy atom. The molecule has 0 aliphatic heterocycles. The van der Waals surface area contributed by atoms with Crippen LogP contribution < -0.4 is 10.6 Å². The van der Waals surface area contributed by atoms with Gasteiger partial charge in [-0.15, -0.1) is 0 Å². The molecule has 0 aromatic rings. The fourth-order valence-electron chi connectivity index (χ4n) is 0.734. The van der Waals surface area contributed by atoms with Crippen LogP contribution in [0, 0.1) is 0 Å². The Hall–Kier alpha value is 0.714. The first-order valence-electron chi connectivity index (χ1n) is 5.44. The van der Waals surface area contributed by atoms with Crippen LogP contribution in [0.2, 0.25) is 0 Å². The number of thiocarbonyl (C=S) groups is 2. The third-order valence-electron chi connectivity index (χ3n) is 1.60. The van der Waals surface area contributed by atoms with Gasteiger partial charge in [0.25, 0.3) is 0 Å². The molecular weight excluding hydrogens is 335 g/mol. The Bertz CT molecular complexity index is 171. The molecule has 0 fully saturated rings. The van der Waals surface area contributed by atoms with E-state index in [9.17, 15) is 0 Å². The zero-order valence-electron chi connectivity index (χ0n) is 10.2. The van der Waals surface area contributed by atoms with E-state index in [1.165, 1.54) is 12.8 Å². The predicted molar refractivity (Wildman–Crippen MR) is 85.7 cm³/mol. The first-order valence-corrected chi connectivity index (χ1v) is 7.07. The van der Waals surface area contributed by atoms with Crippen molar-refractivity contribution in [3.63, 3.8) is 0 Å². The first-order chi connectivity index (χ1) is 7.54.